The van der Waals surface area contributed by atoms with E-state index in [1.807, 2.05) is 25.1 Å². The lowest BCUT2D eigenvalue weighted by Gasteiger charge is -2.28. The molecule has 0 unspecified atom stereocenters. The van der Waals surface area contributed by atoms with Gasteiger partial charge in [-0.1, -0.05) is 43.3 Å². The Balaban J connectivity index is 1.55. The molecule has 2 aromatic rings. The summed E-state index contributed by atoms with van der Waals surface area (Å²) >= 11 is 0. The number of hydrogen-bond acceptors (Lipinski definition) is 4. The molecular formula is C24H25NO4. The first-order valence-corrected chi connectivity index (χ1v) is 10.3. The average Bonchev–Trinajstić information content (AvgIpc) is 3.02. The fourth-order valence-corrected chi connectivity index (χ4v) is 4.51. The van der Waals surface area contributed by atoms with Crippen LogP contribution >= 0.6 is 0 Å². The summed E-state index contributed by atoms with van der Waals surface area (Å²) in [6.45, 7) is 2.27. The van der Waals surface area contributed by atoms with Crippen LogP contribution in [0.1, 0.15) is 54.4 Å². The number of ether oxygens (including phenoxy) is 1. The highest BCUT2D eigenvalue weighted by Crippen LogP contribution is 2.45. The highest BCUT2D eigenvalue weighted by Gasteiger charge is 2.50. The molecule has 1 heterocycles. The number of imide groups is 1. The smallest absolute Gasteiger partial charge is 0.338 e. The maximum atomic E-state index is 13.2. The fourth-order valence-electron chi connectivity index (χ4n) is 4.51. The van der Waals surface area contributed by atoms with Crippen molar-refractivity contribution in [2.24, 2.45) is 11.8 Å². The summed E-state index contributed by atoms with van der Waals surface area (Å²) in [6, 6.07) is 16.8. The standard InChI is InChI=1S/C24H25NO4/c1-2-13-29-24(28)18-9-6-10-19(14-18)25-22(26)20-12-11-17(15-21(20)23(25)27)16-7-4-3-5-8-16/h3-10,14,17,20-21H,2,11-13,15H2,1H3/t17-,20-,21+/m1/s1. The first-order valence-electron chi connectivity index (χ1n) is 10.3. The van der Waals surface area contributed by atoms with Crippen LogP contribution in [0.2, 0.25) is 0 Å². The fraction of sp³-hybridized carbons (Fsp3) is 0.375. The number of carbonyl (C=O) groups is 3. The number of anilines is 1. The van der Waals surface area contributed by atoms with E-state index >= 15 is 0 Å². The topological polar surface area (TPSA) is 63.7 Å². The molecule has 2 fully saturated rings. The Morgan fingerprint density at radius 1 is 1.00 bits per heavy atom. The summed E-state index contributed by atoms with van der Waals surface area (Å²) in [5.41, 5.74) is 2.04. The third kappa shape index (κ3) is 3.69. The van der Waals surface area contributed by atoms with Crippen LogP contribution in [0.5, 0.6) is 0 Å². The minimum absolute atomic E-state index is 0.148. The number of fused-ring (bicyclic) bond motifs is 1. The minimum Gasteiger partial charge on any atom is -0.462 e. The molecule has 3 atom stereocenters. The van der Waals surface area contributed by atoms with Crippen molar-refractivity contribution in [3.63, 3.8) is 0 Å². The molecular weight excluding hydrogens is 366 g/mol. The van der Waals surface area contributed by atoms with E-state index in [-0.39, 0.29) is 23.7 Å². The van der Waals surface area contributed by atoms with Gasteiger partial charge in [-0.05, 0) is 55.4 Å². The van der Waals surface area contributed by atoms with Gasteiger partial charge in [0.05, 0.1) is 29.7 Å². The summed E-state index contributed by atoms with van der Waals surface area (Å²) in [5, 5.41) is 0. The number of esters is 1. The second-order valence-electron chi connectivity index (χ2n) is 7.83. The monoisotopic (exact) mass is 391 g/mol. The Labute approximate surface area is 170 Å². The maximum Gasteiger partial charge on any atom is 0.338 e. The van der Waals surface area contributed by atoms with Crippen LogP contribution in [-0.2, 0) is 14.3 Å². The predicted molar refractivity (Wildman–Crippen MR) is 110 cm³/mol. The van der Waals surface area contributed by atoms with Crippen molar-refractivity contribution in [2.45, 2.75) is 38.5 Å². The number of amides is 2. The molecule has 2 aromatic carbocycles. The Hall–Kier alpha value is -2.95. The molecule has 5 heteroatoms. The Kier molecular flexibility index (Phi) is 5.47. The molecule has 1 aliphatic heterocycles. The largest absolute Gasteiger partial charge is 0.462 e. The summed E-state index contributed by atoms with van der Waals surface area (Å²) in [5.74, 6) is -1.00. The van der Waals surface area contributed by atoms with E-state index in [2.05, 4.69) is 12.1 Å². The lowest BCUT2D eigenvalue weighted by molar-refractivity contribution is -0.122. The van der Waals surface area contributed by atoms with Gasteiger partial charge in [0, 0.05) is 0 Å². The van der Waals surface area contributed by atoms with Gasteiger partial charge in [0.25, 0.3) is 0 Å². The van der Waals surface area contributed by atoms with Gasteiger partial charge in [0.1, 0.15) is 0 Å². The second-order valence-corrected chi connectivity index (χ2v) is 7.83. The summed E-state index contributed by atoms with van der Waals surface area (Å²) in [7, 11) is 0. The van der Waals surface area contributed by atoms with E-state index in [0.717, 1.165) is 12.8 Å². The Bertz CT molecular complexity index is 923. The molecule has 29 heavy (non-hydrogen) atoms. The quantitative estimate of drug-likeness (QED) is 0.562. The Morgan fingerprint density at radius 2 is 1.76 bits per heavy atom. The van der Waals surface area contributed by atoms with E-state index in [9.17, 15) is 14.4 Å². The molecule has 1 aliphatic carbocycles. The molecule has 150 valence electrons. The molecule has 1 saturated heterocycles. The lowest BCUT2D eigenvalue weighted by atomic mass is 9.73. The average molecular weight is 391 g/mol. The highest BCUT2D eigenvalue weighted by atomic mass is 16.5. The first kappa shape index (κ1) is 19.4. The van der Waals surface area contributed by atoms with Gasteiger partial charge >= 0.3 is 5.97 Å². The van der Waals surface area contributed by atoms with E-state index < -0.39 is 5.97 Å². The van der Waals surface area contributed by atoms with Gasteiger partial charge in [0.15, 0.2) is 0 Å². The van der Waals surface area contributed by atoms with Gasteiger partial charge in [-0.25, -0.2) is 4.79 Å². The summed E-state index contributed by atoms with van der Waals surface area (Å²) < 4.78 is 5.18. The lowest BCUT2D eigenvalue weighted by Crippen LogP contribution is -2.31. The zero-order valence-electron chi connectivity index (χ0n) is 16.5. The molecule has 0 N–H and O–H groups in total. The molecule has 4 rings (SSSR count). The van der Waals surface area contributed by atoms with E-state index in [1.54, 1.807) is 24.3 Å². The summed E-state index contributed by atoms with van der Waals surface area (Å²) in [4.78, 5) is 39.7. The summed E-state index contributed by atoms with van der Waals surface area (Å²) in [6.07, 6.45) is 3.04. The number of hydrogen-bond donors (Lipinski definition) is 0. The van der Waals surface area contributed by atoms with Crippen molar-refractivity contribution >= 4 is 23.5 Å². The van der Waals surface area contributed by atoms with Crippen LogP contribution in [0.15, 0.2) is 54.6 Å². The molecule has 0 bridgehead atoms. The molecule has 0 spiro atoms. The molecule has 5 nitrogen and oxygen atoms in total. The third-order valence-corrected chi connectivity index (χ3v) is 5.97. The van der Waals surface area contributed by atoms with Gasteiger partial charge in [-0.2, -0.15) is 0 Å². The van der Waals surface area contributed by atoms with Gasteiger partial charge in [0.2, 0.25) is 11.8 Å². The molecule has 0 aromatic heterocycles. The van der Waals surface area contributed by atoms with Crippen LogP contribution in [0.3, 0.4) is 0 Å². The van der Waals surface area contributed by atoms with Crippen LogP contribution in [0.4, 0.5) is 5.69 Å². The van der Waals surface area contributed by atoms with Crippen molar-refractivity contribution in [3.8, 4) is 0 Å². The Morgan fingerprint density at radius 3 is 2.52 bits per heavy atom. The van der Waals surface area contributed by atoms with Gasteiger partial charge in [-0.3, -0.25) is 14.5 Å². The SMILES string of the molecule is CCCOC(=O)c1cccc(N2C(=O)[C@H]3C[C@H](c4ccccc4)CC[C@H]3C2=O)c1. The normalized spacial score (nSPS) is 23.8. The van der Waals surface area contributed by atoms with Gasteiger partial charge in [-0.15, -0.1) is 0 Å². The van der Waals surface area contributed by atoms with Crippen LogP contribution in [-0.4, -0.2) is 24.4 Å². The molecule has 1 saturated carbocycles. The zero-order valence-corrected chi connectivity index (χ0v) is 16.5. The van der Waals surface area contributed by atoms with E-state index in [1.165, 1.54) is 10.5 Å². The molecule has 2 aliphatic rings. The number of carbonyl (C=O) groups excluding carboxylic acids is 3. The van der Waals surface area contributed by atoms with E-state index in [4.69, 9.17) is 4.74 Å². The van der Waals surface area contributed by atoms with E-state index in [0.29, 0.717) is 36.6 Å². The number of benzene rings is 2. The first-order chi connectivity index (χ1) is 14.1. The second kappa shape index (κ2) is 8.19. The van der Waals surface area contributed by atoms with Gasteiger partial charge < -0.3 is 4.74 Å². The van der Waals surface area contributed by atoms with Crippen molar-refractivity contribution in [1.29, 1.82) is 0 Å². The number of rotatable bonds is 5. The van der Waals surface area contributed by atoms with Crippen molar-refractivity contribution in [3.05, 3.63) is 65.7 Å². The van der Waals surface area contributed by atoms with Crippen LogP contribution in [0.25, 0.3) is 0 Å². The highest BCUT2D eigenvalue weighted by molar-refractivity contribution is 6.22. The van der Waals surface area contributed by atoms with Crippen molar-refractivity contribution in [1.82, 2.24) is 0 Å². The van der Waals surface area contributed by atoms with Crippen molar-refractivity contribution in [2.75, 3.05) is 11.5 Å². The minimum atomic E-state index is -0.436. The number of nitrogens with zero attached hydrogens (tertiary/aromatic N) is 1. The predicted octanol–water partition coefficient (Wildman–Crippen LogP) is 4.33. The molecule has 0 radical (unpaired) electrons. The zero-order chi connectivity index (χ0) is 20.4. The van der Waals surface area contributed by atoms with Crippen LogP contribution in [0, 0.1) is 11.8 Å². The third-order valence-electron chi connectivity index (χ3n) is 5.97. The maximum absolute atomic E-state index is 13.2. The molecule has 2 amide bonds. The van der Waals surface area contributed by atoms with Crippen molar-refractivity contribution < 1.29 is 19.1 Å². The van der Waals surface area contributed by atoms with Crippen LogP contribution < -0.4 is 4.90 Å².